The van der Waals surface area contributed by atoms with Crippen LogP contribution in [0.5, 0.6) is 0 Å². The molecule has 1 aromatic rings. The van der Waals surface area contributed by atoms with Crippen LogP contribution in [-0.4, -0.2) is 28.5 Å². The molecule has 0 fully saturated rings. The van der Waals surface area contributed by atoms with E-state index in [9.17, 15) is 10.1 Å². The van der Waals surface area contributed by atoms with Crippen LogP contribution in [0.1, 0.15) is 33.3 Å². The molecule has 0 aliphatic heterocycles. The van der Waals surface area contributed by atoms with E-state index in [4.69, 9.17) is 10.4 Å². The highest BCUT2D eigenvalue weighted by molar-refractivity contribution is 6.60. The monoisotopic (exact) mass is 251 g/mol. The van der Waals surface area contributed by atoms with Gasteiger partial charge in [0, 0.05) is 5.69 Å². The van der Waals surface area contributed by atoms with Crippen LogP contribution < -0.4 is 11.2 Å². The molecule has 0 amide bonds. The van der Waals surface area contributed by atoms with Gasteiger partial charge in [-0.25, -0.2) is 0 Å². The van der Waals surface area contributed by atoms with Crippen LogP contribution in [0.2, 0.25) is 0 Å². The average molecular weight is 251 g/mol. The largest absolute Gasteiger partial charge is 0.491 e. The predicted octanol–water partition coefficient (Wildman–Crippen LogP) is 0.831. The molecule has 4 N–H and O–H groups in total. The van der Waals surface area contributed by atoms with Gasteiger partial charge in [0.15, 0.2) is 0 Å². The van der Waals surface area contributed by atoms with Crippen molar-refractivity contribution in [2.45, 2.75) is 45.8 Å². The van der Waals surface area contributed by atoms with Crippen molar-refractivity contribution in [2.75, 3.05) is 5.73 Å². The molecule has 1 rings (SSSR count). The fourth-order valence-corrected chi connectivity index (χ4v) is 1.43. The standard InChI is InChI=1S/C13H22BNO3/c1-9-10(7-6-8-11(9)15)14(17)18-13(4,5)12(2,3)16/h6-8,16-17H,15H2,1-5H3. The van der Waals surface area contributed by atoms with Crippen molar-refractivity contribution in [1.82, 2.24) is 0 Å². The van der Waals surface area contributed by atoms with Crippen LogP contribution in [0.15, 0.2) is 18.2 Å². The second kappa shape index (κ2) is 4.92. The highest BCUT2D eigenvalue weighted by atomic mass is 16.5. The lowest BCUT2D eigenvalue weighted by Crippen LogP contribution is -2.53. The van der Waals surface area contributed by atoms with E-state index in [-0.39, 0.29) is 0 Å². The minimum atomic E-state index is -1.12. The molecular weight excluding hydrogens is 229 g/mol. The molecule has 100 valence electrons. The van der Waals surface area contributed by atoms with Gasteiger partial charge in [0.1, 0.15) is 0 Å². The number of nitrogen functional groups attached to an aromatic ring is 1. The van der Waals surface area contributed by atoms with Gasteiger partial charge in [-0.1, -0.05) is 12.1 Å². The quantitative estimate of drug-likeness (QED) is 0.547. The molecule has 0 saturated carbocycles. The fraction of sp³-hybridized carbons (Fsp3) is 0.538. The summed E-state index contributed by atoms with van der Waals surface area (Å²) in [5.41, 5.74) is 5.85. The molecule has 1 aromatic carbocycles. The first kappa shape index (κ1) is 15.0. The summed E-state index contributed by atoms with van der Waals surface area (Å²) in [4.78, 5) is 0. The topological polar surface area (TPSA) is 75.7 Å². The fourth-order valence-electron chi connectivity index (χ4n) is 1.43. The van der Waals surface area contributed by atoms with Crippen LogP contribution in [0.4, 0.5) is 5.69 Å². The molecule has 0 aliphatic rings. The maximum absolute atomic E-state index is 10.1. The van der Waals surface area contributed by atoms with Gasteiger partial charge in [-0.15, -0.1) is 0 Å². The Kier molecular flexibility index (Phi) is 4.10. The lowest BCUT2D eigenvalue weighted by Gasteiger charge is -2.38. The first-order valence-electron chi connectivity index (χ1n) is 5.99. The number of nitrogens with two attached hydrogens (primary N) is 1. The first-order valence-corrected chi connectivity index (χ1v) is 5.99. The molecule has 0 saturated heterocycles. The zero-order chi connectivity index (χ0) is 14.1. The Hall–Kier alpha value is -1.04. The smallest absolute Gasteiger partial charge is 0.423 e. The van der Waals surface area contributed by atoms with E-state index in [1.807, 2.05) is 6.92 Å². The summed E-state index contributed by atoms with van der Waals surface area (Å²) >= 11 is 0. The van der Waals surface area contributed by atoms with Gasteiger partial charge in [-0.2, -0.15) is 0 Å². The zero-order valence-electron chi connectivity index (χ0n) is 11.7. The molecule has 5 heteroatoms. The van der Waals surface area contributed by atoms with Gasteiger partial charge in [-0.05, 0) is 51.7 Å². The third-order valence-corrected chi connectivity index (χ3v) is 3.56. The third kappa shape index (κ3) is 3.04. The van der Waals surface area contributed by atoms with Crippen LogP contribution in [0.3, 0.4) is 0 Å². The Bertz CT molecular complexity index is 427. The van der Waals surface area contributed by atoms with E-state index in [1.54, 1.807) is 45.9 Å². The van der Waals surface area contributed by atoms with E-state index in [0.29, 0.717) is 11.2 Å². The van der Waals surface area contributed by atoms with E-state index in [1.165, 1.54) is 0 Å². The normalized spacial score (nSPS) is 12.6. The number of anilines is 1. The molecule has 0 bridgehead atoms. The van der Waals surface area contributed by atoms with Gasteiger partial charge in [-0.3, -0.25) is 0 Å². The Labute approximate surface area is 109 Å². The van der Waals surface area contributed by atoms with Gasteiger partial charge in [0.25, 0.3) is 0 Å². The highest BCUT2D eigenvalue weighted by Gasteiger charge is 2.39. The van der Waals surface area contributed by atoms with Crippen molar-refractivity contribution in [3.05, 3.63) is 23.8 Å². The van der Waals surface area contributed by atoms with Gasteiger partial charge < -0.3 is 20.5 Å². The lowest BCUT2D eigenvalue weighted by molar-refractivity contribution is -0.0982. The highest BCUT2D eigenvalue weighted by Crippen LogP contribution is 2.25. The molecule has 0 heterocycles. The second-order valence-electron chi connectivity index (χ2n) is 5.60. The summed E-state index contributed by atoms with van der Waals surface area (Å²) < 4.78 is 5.57. The summed E-state index contributed by atoms with van der Waals surface area (Å²) in [5, 5.41) is 20.1. The van der Waals surface area contributed by atoms with Crippen LogP contribution in [0, 0.1) is 6.92 Å². The van der Waals surface area contributed by atoms with Crippen LogP contribution >= 0.6 is 0 Å². The van der Waals surface area contributed by atoms with Crippen molar-refractivity contribution < 1.29 is 14.8 Å². The second-order valence-corrected chi connectivity index (χ2v) is 5.60. The Morgan fingerprint density at radius 1 is 1.22 bits per heavy atom. The molecule has 0 spiro atoms. The average Bonchev–Trinajstić information content (AvgIpc) is 2.19. The lowest BCUT2D eigenvalue weighted by atomic mass is 9.74. The van der Waals surface area contributed by atoms with Crippen molar-refractivity contribution in [2.24, 2.45) is 0 Å². The summed E-state index contributed by atoms with van der Waals surface area (Å²) in [6, 6.07) is 5.30. The first-order chi connectivity index (χ1) is 8.06. The molecule has 0 unspecified atom stereocenters. The maximum atomic E-state index is 10.1. The summed E-state index contributed by atoms with van der Waals surface area (Å²) in [6.07, 6.45) is 0. The van der Waals surface area contributed by atoms with Gasteiger partial charge in [0.2, 0.25) is 0 Å². The van der Waals surface area contributed by atoms with Gasteiger partial charge >= 0.3 is 7.12 Å². The summed E-state index contributed by atoms with van der Waals surface area (Å²) in [5.74, 6) is 0. The predicted molar refractivity (Wildman–Crippen MR) is 74.7 cm³/mol. The molecule has 4 nitrogen and oxygen atoms in total. The minimum absolute atomic E-state index is 0.608. The van der Waals surface area contributed by atoms with Crippen LogP contribution in [-0.2, 0) is 4.65 Å². The van der Waals surface area contributed by atoms with E-state index < -0.39 is 18.3 Å². The molecule has 0 radical (unpaired) electrons. The van der Waals surface area contributed by atoms with E-state index >= 15 is 0 Å². The maximum Gasteiger partial charge on any atom is 0.491 e. The SMILES string of the molecule is Cc1c(N)cccc1B(O)OC(C)(C)C(C)(C)O. The number of rotatable bonds is 4. The Balaban J connectivity index is 2.96. The molecular formula is C13H22BNO3. The Morgan fingerprint density at radius 3 is 2.28 bits per heavy atom. The molecule has 0 aromatic heterocycles. The number of aliphatic hydroxyl groups is 1. The van der Waals surface area contributed by atoms with Crippen molar-refractivity contribution in [3.63, 3.8) is 0 Å². The molecule has 0 atom stereocenters. The van der Waals surface area contributed by atoms with E-state index in [0.717, 1.165) is 5.56 Å². The molecule has 0 aliphatic carbocycles. The number of hydrogen-bond acceptors (Lipinski definition) is 4. The number of benzene rings is 1. The zero-order valence-corrected chi connectivity index (χ0v) is 11.7. The Morgan fingerprint density at radius 2 is 1.78 bits per heavy atom. The number of hydrogen-bond donors (Lipinski definition) is 3. The van der Waals surface area contributed by atoms with Crippen molar-refractivity contribution in [1.29, 1.82) is 0 Å². The molecule has 18 heavy (non-hydrogen) atoms. The third-order valence-electron chi connectivity index (χ3n) is 3.56. The summed E-state index contributed by atoms with van der Waals surface area (Å²) in [6.45, 7) is 8.59. The minimum Gasteiger partial charge on any atom is -0.423 e. The van der Waals surface area contributed by atoms with Crippen molar-refractivity contribution >= 4 is 18.3 Å². The van der Waals surface area contributed by atoms with E-state index in [2.05, 4.69) is 0 Å². The van der Waals surface area contributed by atoms with Crippen LogP contribution in [0.25, 0.3) is 0 Å². The van der Waals surface area contributed by atoms with Gasteiger partial charge in [0.05, 0.1) is 11.2 Å². The summed E-state index contributed by atoms with van der Waals surface area (Å²) in [7, 11) is -1.12. The van der Waals surface area contributed by atoms with Crippen molar-refractivity contribution in [3.8, 4) is 0 Å².